The number of oxazole rings is 1. The fourth-order valence-corrected chi connectivity index (χ4v) is 4.21. The lowest BCUT2D eigenvalue weighted by Crippen LogP contribution is -2.38. The molecule has 0 spiro atoms. The van der Waals surface area contributed by atoms with Gasteiger partial charge in [-0.15, -0.1) is 11.8 Å². The molecule has 1 saturated carbocycles. The van der Waals surface area contributed by atoms with Gasteiger partial charge >= 0.3 is 0 Å². The van der Waals surface area contributed by atoms with E-state index in [0.29, 0.717) is 23.4 Å². The predicted octanol–water partition coefficient (Wildman–Crippen LogP) is 4.89. The van der Waals surface area contributed by atoms with Crippen molar-refractivity contribution in [1.82, 2.24) is 10.3 Å². The van der Waals surface area contributed by atoms with Crippen molar-refractivity contribution in [2.45, 2.75) is 58.2 Å². The van der Waals surface area contributed by atoms with Crippen molar-refractivity contribution in [3.05, 3.63) is 41.3 Å². The van der Waals surface area contributed by atoms with Crippen LogP contribution in [0.15, 0.2) is 28.7 Å². The largest absolute Gasteiger partial charge is 0.441 e. The summed E-state index contributed by atoms with van der Waals surface area (Å²) in [5.41, 5.74) is 3.10. The number of nitrogens with zero attached hydrogens (tertiary/aromatic N) is 1. The summed E-state index contributed by atoms with van der Waals surface area (Å²) in [4.78, 5) is 16.8. The third-order valence-electron chi connectivity index (χ3n) is 5.01. The summed E-state index contributed by atoms with van der Waals surface area (Å²) in [6.45, 7) is 6.28. The second kappa shape index (κ2) is 8.76. The fraction of sp³-hybridized carbons (Fsp3) is 0.524. The van der Waals surface area contributed by atoms with E-state index in [9.17, 15) is 4.79 Å². The lowest BCUT2D eigenvalue weighted by Gasteiger charge is -2.26. The maximum Gasteiger partial charge on any atom is 0.230 e. The molecule has 0 saturated heterocycles. The molecule has 0 bridgehead atoms. The summed E-state index contributed by atoms with van der Waals surface area (Å²) < 4.78 is 5.82. The Hall–Kier alpha value is -1.75. The van der Waals surface area contributed by atoms with Crippen molar-refractivity contribution in [3.8, 4) is 11.5 Å². The lowest BCUT2D eigenvalue weighted by molar-refractivity contribution is -0.119. The van der Waals surface area contributed by atoms with E-state index in [2.05, 4.69) is 36.3 Å². The van der Waals surface area contributed by atoms with E-state index in [1.54, 1.807) is 11.8 Å². The number of carbonyl (C=O) groups excluding carboxylic acids is 1. The van der Waals surface area contributed by atoms with Crippen LogP contribution in [0.25, 0.3) is 11.5 Å². The highest BCUT2D eigenvalue weighted by molar-refractivity contribution is 7.99. The molecule has 1 aliphatic rings. The Kier molecular flexibility index (Phi) is 6.41. The van der Waals surface area contributed by atoms with Crippen molar-refractivity contribution in [2.75, 3.05) is 5.75 Å². The van der Waals surface area contributed by atoms with E-state index in [4.69, 9.17) is 4.42 Å². The molecular weight excluding hydrogens is 344 g/mol. The number of amides is 1. The summed E-state index contributed by atoms with van der Waals surface area (Å²) in [5.74, 6) is 3.58. The number of carbonyl (C=O) groups is 1. The van der Waals surface area contributed by atoms with Crippen LogP contribution in [0.2, 0.25) is 0 Å². The topological polar surface area (TPSA) is 55.1 Å². The molecule has 1 fully saturated rings. The maximum absolute atomic E-state index is 12.2. The highest BCUT2D eigenvalue weighted by Crippen LogP contribution is 2.25. The van der Waals surface area contributed by atoms with Crippen molar-refractivity contribution in [1.29, 1.82) is 0 Å². The number of aryl methyl sites for hydroxylation is 2. The second-order valence-corrected chi connectivity index (χ2v) is 8.39. The van der Waals surface area contributed by atoms with E-state index in [0.717, 1.165) is 35.8 Å². The van der Waals surface area contributed by atoms with Gasteiger partial charge in [-0.1, -0.05) is 24.6 Å². The highest BCUT2D eigenvalue weighted by Gasteiger charge is 2.20. The maximum atomic E-state index is 12.2. The number of benzene rings is 1. The van der Waals surface area contributed by atoms with Gasteiger partial charge in [0.25, 0.3) is 0 Å². The molecular formula is C21H28N2O2S. The molecule has 4 nitrogen and oxygen atoms in total. The third-order valence-corrected chi connectivity index (χ3v) is 5.95. The number of thioether (sulfide) groups is 1. The van der Waals surface area contributed by atoms with Crippen molar-refractivity contribution in [2.24, 2.45) is 5.92 Å². The predicted molar refractivity (Wildman–Crippen MR) is 107 cm³/mol. The molecule has 1 aromatic heterocycles. The quantitative estimate of drug-likeness (QED) is 0.785. The number of aromatic nitrogens is 1. The highest BCUT2D eigenvalue weighted by atomic mass is 32.2. The Morgan fingerprint density at radius 3 is 2.77 bits per heavy atom. The van der Waals surface area contributed by atoms with Crippen LogP contribution < -0.4 is 5.32 Å². The average Bonchev–Trinajstić information content (AvgIpc) is 2.98. The van der Waals surface area contributed by atoms with Gasteiger partial charge in [0.1, 0.15) is 5.76 Å². The Labute approximate surface area is 160 Å². The van der Waals surface area contributed by atoms with E-state index >= 15 is 0 Å². The monoisotopic (exact) mass is 372 g/mol. The Morgan fingerprint density at radius 1 is 1.27 bits per heavy atom. The van der Waals surface area contributed by atoms with Crippen LogP contribution in [0.1, 0.15) is 49.6 Å². The first kappa shape index (κ1) is 19.0. The first-order valence-electron chi connectivity index (χ1n) is 9.41. The van der Waals surface area contributed by atoms with Gasteiger partial charge in [-0.25, -0.2) is 4.98 Å². The van der Waals surface area contributed by atoms with Crippen LogP contribution in [0.5, 0.6) is 0 Å². The van der Waals surface area contributed by atoms with Crippen LogP contribution in [0.3, 0.4) is 0 Å². The van der Waals surface area contributed by atoms with Crippen LogP contribution in [0.4, 0.5) is 0 Å². The van der Waals surface area contributed by atoms with Crippen molar-refractivity contribution < 1.29 is 9.21 Å². The summed E-state index contributed by atoms with van der Waals surface area (Å²) in [6.07, 6.45) is 4.66. The van der Waals surface area contributed by atoms with Crippen molar-refractivity contribution in [3.63, 3.8) is 0 Å². The van der Waals surface area contributed by atoms with Gasteiger partial charge in [0.05, 0.1) is 11.4 Å². The van der Waals surface area contributed by atoms with Gasteiger partial charge < -0.3 is 9.73 Å². The van der Waals surface area contributed by atoms with Crippen molar-refractivity contribution >= 4 is 17.7 Å². The number of nitrogens with one attached hydrogen (secondary N) is 1. The molecule has 1 heterocycles. The molecule has 26 heavy (non-hydrogen) atoms. The van der Waals surface area contributed by atoms with E-state index in [1.807, 2.05) is 19.1 Å². The van der Waals surface area contributed by atoms with Crippen LogP contribution in [0, 0.1) is 19.8 Å². The number of rotatable bonds is 6. The standard InChI is InChI=1S/C21H28N2O2S/c1-14-7-9-18(10-8-14)22-20(24)13-26-12-19-16(3)25-21(23-19)17-6-4-5-15(2)11-17/h4-6,11,14,18H,7-10,12-13H2,1-3H3,(H,22,24). The zero-order valence-electron chi connectivity index (χ0n) is 15.9. The molecule has 3 rings (SSSR count). The van der Waals surface area contributed by atoms with Crippen LogP contribution in [-0.4, -0.2) is 22.7 Å². The zero-order valence-corrected chi connectivity index (χ0v) is 16.7. The molecule has 1 aliphatic carbocycles. The molecule has 0 aliphatic heterocycles. The minimum Gasteiger partial charge on any atom is -0.441 e. The van der Waals surface area contributed by atoms with Gasteiger partial charge in [-0.05, 0) is 57.6 Å². The molecule has 0 atom stereocenters. The second-order valence-electron chi connectivity index (χ2n) is 7.41. The zero-order chi connectivity index (χ0) is 18.5. The van der Waals surface area contributed by atoms with Gasteiger partial charge in [-0.2, -0.15) is 0 Å². The van der Waals surface area contributed by atoms with E-state index in [-0.39, 0.29) is 5.91 Å². The van der Waals surface area contributed by atoms with Gasteiger partial charge in [-0.3, -0.25) is 4.79 Å². The smallest absolute Gasteiger partial charge is 0.230 e. The average molecular weight is 373 g/mol. The summed E-state index contributed by atoms with van der Waals surface area (Å²) >= 11 is 1.59. The van der Waals surface area contributed by atoms with E-state index < -0.39 is 0 Å². The molecule has 5 heteroatoms. The summed E-state index contributed by atoms with van der Waals surface area (Å²) in [6, 6.07) is 8.51. The normalized spacial score (nSPS) is 20.1. The number of hydrogen-bond acceptors (Lipinski definition) is 4. The van der Waals surface area contributed by atoms with Gasteiger partial charge in [0.15, 0.2) is 0 Å². The minimum absolute atomic E-state index is 0.134. The molecule has 0 unspecified atom stereocenters. The Bertz CT molecular complexity index is 748. The Morgan fingerprint density at radius 2 is 2.04 bits per heavy atom. The third kappa shape index (κ3) is 5.13. The van der Waals surface area contributed by atoms with Crippen LogP contribution in [-0.2, 0) is 10.5 Å². The first-order valence-corrected chi connectivity index (χ1v) is 10.6. The molecule has 1 aromatic carbocycles. The SMILES string of the molecule is Cc1cccc(-c2nc(CSCC(=O)NC3CCC(C)CC3)c(C)o2)c1. The molecule has 0 radical (unpaired) electrons. The van der Waals surface area contributed by atoms with E-state index in [1.165, 1.54) is 18.4 Å². The van der Waals surface area contributed by atoms with Gasteiger partial charge in [0.2, 0.25) is 11.8 Å². The molecule has 1 amide bonds. The molecule has 140 valence electrons. The molecule has 2 aromatic rings. The summed E-state index contributed by atoms with van der Waals surface area (Å²) in [5, 5.41) is 3.17. The fourth-order valence-electron chi connectivity index (χ4n) is 3.38. The summed E-state index contributed by atoms with van der Waals surface area (Å²) in [7, 11) is 0. The minimum atomic E-state index is 0.134. The lowest BCUT2D eigenvalue weighted by atomic mass is 9.87. The Balaban J connectivity index is 1.48. The molecule has 1 N–H and O–H groups in total. The van der Waals surface area contributed by atoms with Gasteiger partial charge in [0, 0.05) is 17.4 Å². The first-order chi connectivity index (χ1) is 12.5. The number of hydrogen-bond donors (Lipinski definition) is 1. The van der Waals surface area contributed by atoms with Crippen LogP contribution >= 0.6 is 11.8 Å².